The van der Waals surface area contributed by atoms with Crippen molar-refractivity contribution in [3.05, 3.63) is 29.8 Å². The minimum atomic E-state index is -0.350. The molecule has 1 heterocycles. The van der Waals surface area contributed by atoms with Gasteiger partial charge < -0.3 is 15.4 Å². The highest BCUT2D eigenvalue weighted by atomic mass is 16.5. The number of benzene rings is 1. The Morgan fingerprint density at radius 2 is 2.04 bits per heavy atom. The molecule has 1 aliphatic heterocycles. The molecule has 0 spiro atoms. The van der Waals surface area contributed by atoms with Crippen LogP contribution in [0.1, 0.15) is 44.1 Å². The smallest absolute Gasteiger partial charge is 0.233 e. The van der Waals surface area contributed by atoms with Gasteiger partial charge in [-0.25, -0.2) is 0 Å². The minimum absolute atomic E-state index is 0.282. The fourth-order valence-corrected chi connectivity index (χ4v) is 5.30. The Morgan fingerprint density at radius 3 is 2.75 bits per heavy atom. The van der Waals surface area contributed by atoms with Gasteiger partial charge >= 0.3 is 0 Å². The molecule has 2 N–H and O–H groups in total. The summed E-state index contributed by atoms with van der Waals surface area (Å²) in [6, 6.07) is 8.41. The van der Waals surface area contributed by atoms with Gasteiger partial charge in [-0.3, -0.25) is 4.79 Å². The highest BCUT2D eigenvalue weighted by Crippen LogP contribution is 2.46. The van der Waals surface area contributed by atoms with Crippen molar-refractivity contribution in [1.29, 1.82) is 0 Å². The molecule has 4 heteroatoms. The highest BCUT2D eigenvalue weighted by Gasteiger charge is 2.49. The average molecular weight is 328 g/mol. The van der Waals surface area contributed by atoms with Crippen LogP contribution in [0, 0.1) is 11.8 Å². The first-order valence-corrected chi connectivity index (χ1v) is 9.33. The molecule has 2 aliphatic carbocycles. The summed E-state index contributed by atoms with van der Waals surface area (Å²) in [6.45, 7) is 1.76. The van der Waals surface area contributed by atoms with Gasteiger partial charge in [0.05, 0.1) is 12.5 Å². The van der Waals surface area contributed by atoms with Crippen LogP contribution in [-0.2, 0) is 10.2 Å². The molecule has 0 aromatic heterocycles. The zero-order valence-corrected chi connectivity index (χ0v) is 14.5. The molecule has 1 aromatic carbocycles. The number of methoxy groups -OCH3 is 1. The van der Waals surface area contributed by atoms with Gasteiger partial charge in [-0.15, -0.1) is 0 Å². The molecule has 3 unspecified atom stereocenters. The first-order chi connectivity index (χ1) is 11.6. The summed E-state index contributed by atoms with van der Waals surface area (Å²) >= 11 is 0. The molecule has 3 aliphatic rings. The maximum atomic E-state index is 13.6. The molecule has 4 rings (SSSR count). The van der Waals surface area contributed by atoms with E-state index in [2.05, 4.69) is 17.0 Å². The summed E-state index contributed by atoms with van der Waals surface area (Å²) in [7, 11) is 1.69. The number of hydrogen-bond donors (Lipinski definition) is 1. The third kappa shape index (κ3) is 2.43. The number of carbonyl (C=O) groups excluding carboxylic acids is 1. The summed E-state index contributed by atoms with van der Waals surface area (Å²) in [6.07, 6.45) is 6.47. The molecule has 1 saturated heterocycles. The summed E-state index contributed by atoms with van der Waals surface area (Å²) in [4.78, 5) is 15.7. The fourth-order valence-electron chi connectivity index (χ4n) is 5.30. The number of nitrogens with two attached hydrogens (primary N) is 1. The number of carbonyl (C=O) groups is 1. The predicted octanol–water partition coefficient (Wildman–Crippen LogP) is 2.70. The van der Waals surface area contributed by atoms with Gasteiger partial charge in [0.25, 0.3) is 0 Å². The first kappa shape index (κ1) is 15.9. The number of nitrogens with zero attached hydrogens (tertiary/aromatic N) is 1. The van der Waals surface area contributed by atoms with E-state index in [-0.39, 0.29) is 11.5 Å². The molecule has 3 atom stereocenters. The zero-order valence-electron chi connectivity index (χ0n) is 14.5. The lowest BCUT2D eigenvalue weighted by atomic mass is 9.77. The van der Waals surface area contributed by atoms with E-state index in [0.29, 0.717) is 17.7 Å². The number of ether oxygens (including phenoxy) is 1. The van der Waals surface area contributed by atoms with Crippen LogP contribution in [0.15, 0.2) is 24.3 Å². The van der Waals surface area contributed by atoms with Crippen molar-refractivity contribution >= 4 is 5.91 Å². The second-order valence-corrected chi connectivity index (χ2v) is 7.90. The van der Waals surface area contributed by atoms with Crippen molar-refractivity contribution in [1.82, 2.24) is 4.90 Å². The van der Waals surface area contributed by atoms with E-state index in [1.165, 1.54) is 6.42 Å². The molecular weight excluding hydrogens is 300 g/mol. The van der Waals surface area contributed by atoms with Crippen LogP contribution in [-0.4, -0.2) is 37.0 Å². The van der Waals surface area contributed by atoms with E-state index >= 15 is 0 Å². The van der Waals surface area contributed by atoms with Gasteiger partial charge in [0.15, 0.2) is 0 Å². The molecule has 0 bridgehead atoms. The number of fused-ring (bicyclic) bond motifs is 1. The summed E-state index contributed by atoms with van der Waals surface area (Å²) in [5.41, 5.74) is 7.04. The van der Waals surface area contributed by atoms with Crippen LogP contribution in [0.2, 0.25) is 0 Å². The molecule has 4 nitrogen and oxygen atoms in total. The SMILES string of the molecule is COc1cccc(C2(C(=O)N3CC4CCC(N)C4C3)CCCC2)c1. The van der Waals surface area contributed by atoms with Crippen LogP contribution < -0.4 is 10.5 Å². The molecule has 3 fully saturated rings. The van der Waals surface area contributed by atoms with E-state index in [9.17, 15) is 4.79 Å². The van der Waals surface area contributed by atoms with Crippen molar-refractivity contribution in [3.8, 4) is 5.75 Å². The summed E-state index contributed by atoms with van der Waals surface area (Å²) in [5.74, 6) is 2.30. The van der Waals surface area contributed by atoms with Crippen molar-refractivity contribution in [2.45, 2.75) is 50.0 Å². The van der Waals surface area contributed by atoms with Crippen LogP contribution in [0.4, 0.5) is 0 Å². The largest absolute Gasteiger partial charge is 0.497 e. The Kier molecular flexibility index (Phi) is 4.03. The van der Waals surface area contributed by atoms with Crippen LogP contribution in [0.5, 0.6) is 5.75 Å². The van der Waals surface area contributed by atoms with Crippen LogP contribution in [0.25, 0.3) is 0 Å². The molecule has 2 saturated carbocycles. The lowest BCUT2D eigenvalue weighted by molar-refractivity contribution is -0.136. The first-order valence-electron chi connectivity index (χ1n) is 9.33. The molecular formula is C20H28N2O2. The number of likely N-dealkylation sites (tertiary alicyclic amines) is 1. The number of rotatable bonds is 3. The molecule has 1 amide bonds. The van der Waals surface area contributed by atoms with E-state index in [1.54, 1.807) is 7.11 Å². The predicted molar refractivity (Wildman–Crippen MR) is 93.9 cm³/mol. The maximum Gasteiger partial charge on any atom is 0.233 e. The third-order valence-corrected chi connectivity index (χ3v) is 6.69. The number of amides is 1. The van der Waals surface area contributed by atoms with Crippen molar-refractivity contribution in [2.24, 2.45) is 17.6 Å². The quantitative estimate of drug-likeness (QED) is 0.928. The van der Waals surface area contributed by atoms with Gasteiger partial charge in [0.1, 0.15) is 5.75 Å². The monoisotopic (exact) mass is 328 g/mol. The lowest BCUT2D eigenvalue weighted by Crippen LogP contribution is -2.45. The minimum Gasteiger partial charge on any atom is -0.497 e. The molecule has 1 aromatic rings. The van der Waals surface area contributed by atoms with E-state index in [4.69, 9.17) is 10.5 Å². The summed E-state index contributed by atoms with van der Waals surface area (Å²) in [5, 5.41) is 0. The second-order valence-electron chi connectivity index (χ2n) is 7.90. The Morgan fingerprint density at radius 1 is 1.25 bits per heavy atom. The average Bonchev–Trinajstić information content (AvgIpc) is 3.32. The van der Waals surface area contributed by atoms with E-state index in [0.717, 1.165) is 56.5 Å². The topological polar surface area (TPSA) is 55.6 Å². The number of hydrogen-bond acceptors (Lipinski definition) is 3. The third-order valence-electron chi connectivity index (χ3n) is 6.69. The van der Waals surface area contributed by atoms with Gasteiger partial charge in [-0.05, 0) is 55.2 Å². The normalized spacial score (nSPS) is 31.2. The standard InChI is InChI=1S/C20H28N2O2/c1-24-16-6-4-5-15(11-16)20(9-2-3-10-20)19(23)22-12-14-7-8-18(21)17(14)13-22/h4-6,11,14,17-18H,2-3,7-10,12-13,21H2,1H3. The van der Waals surface area contributed by atoms with Gasteiger partial charge in [0, 0.05) is 19.1 Å². The Balaban J connectivity index is 1.62. The van der Waals surface area contributed by atoms with Crippen molar-refractivity contribution in [3.63, 3.8) is 0 Å². The highest BCUT2D eigenvalue weighted by molar-refractivity contribution is 5.89. The Bertz CT molecular complexity index is 624. The molecule has 0 radical (unpaired) electrons. The van der Waals surface area contributed by atoms with E-state index in [1.807, 2.05) is 12.1 Å². The summed E-state index contributed by atoms with van der Waals surface area (Å²) < 4.78 is 5.40. The Hall–Kier alpha value is -1.55. The van der Waals surface area contributed by atoms with Crippen molar-refractivity contribution < 1.29 is 9.53 Å². The van der Waals surface area contributed by atoms with Crippen LogP contribution >= 0.6 is 0 Å². The zero-order chi connectivity index (χ0) is 16.7. The molecule has 24 heavy (non-hydrogen) atoms. The van der Waals surface area contributed by atoms with Gasteiger partial charge in [-0.2, -0.15) is 0 Å². The van der Waals surface area contributed by atoms with E-state index < -0.39 is 0 Å². The maximum absolute atomic E-state index is 13.6. The van der Waals surface area contributed by atoms with Gasteiger partial charge in [-0.1, -0.05) is 25.0 Å². The second kappa shape index (κ2) is 6.07. The van der Waals surface area contributed by atoms with Crippen molar-refractivity contribution in [2.75, 3.05) is 20.2 Å². The fraction of sp³-hybridized carbons (Fsp3) is 0.650. The van der Waals surface area contributed by atoms with Crippen LogP contribution in [0.3, 0.4) is 0 Å². The lowest BCUT2D eigenvalue weighted by Gasteiger charge is -2.33. The molecule has 130 valence electrons. The Labute approximate surface area is 144 Å². The van der Waals surface area contributed by atoms with Gasteiger partial charge in [0.2, 0.25) is 5.91 Å².